The van der Waals surface area contributed by atoms with E-state index in [2.05, 4.69) is 11.5 Å². The number of fused-ring (bicyclic) bond motifs is 2. The van der Waals surface area contributed by atoms with Gasteiger partial charge < -0.3 is 15.1 Å². The van der Waals surface area contributed by atoms with Crippen molar-refractivity contribution in [3.8, 4) is 0 Å². The molecule has 0 bridgehead atoms. The van der Waals surface area contributed by atoms with Crippen LogP contribution in [0.2, 0.25) is 0 Å². The zero-order valence-corrected chi connectivity index (χ0v) is 17.4. The molecule has 2 aromatic rings. The Morgan fingerprint density at radius 1 is 1.03 bits per heavy atom. The van der Waals surface area contributed by atoms with Gasteiger partial charge in [-0.1, -0.05) is 18.7 Å². The highest BCUT2D eigenvalue weighted by atomic mass is 19.1. The van der Waals surface area contributed by atoms with Gasteiger partial charge in [0.05, 0.1) is 0 Å². The van der Waals surface area contributed by atoms with Crippen LogP contribution >= 0.6 is 0 Å². The first kappa shape index (κ1) is 24.0. The van der Waals surface area contributed by atoms with Gasteiger partial charge in [0.1, 0.15) is 11.6 Å². The van der Waals surface area contributed by atoms with E-state index in [-0.39, 0.29) is 17.6 Å². The average molecular weight is 429 g/mol. The Hall–Kier alpha value is -3.32. The fraction of sp³-hybridized carbons (Fsp3) is 0.250. The molecule has 0 spiro atoms. The van der Waals surface area contributed by atoms with Crippen LogP contribution in [0.3, 0.4) is 0 Å². The summed E-state index contributed by atoms with van der Waals surface area (Å²) in [5.41, 5.74) is 4.61. The molecule has 0 fully saturated rings. The van der Waals surface area contributed by atoms with Crippen LogP contribution in [0.15, 0.2) is 55.1 Å². The predicted octanol–water partition coefficient (Wildman–Crippen LogP) is 4.33. The fourth-order valence-corrected chi connectivity index (χ4v) is 3.51. The molecule has 5 nitrogen and oxygen atoms in total. The molecule has 0 aliphatic heterocycles. The Morgan fingerprint density at radius 2 is 1.61 bits per heavy atom. The summed E-state index contributed by atoms with van der Waals surface area (Å²) in [4.78, 5) is 21.2. The highest BCUT2D eigenvalue weighted by Crippen LogP contribution is 2.39. The number of hydrogen-bond acceptors (Lipinski definition) is 3. The third-order valence-corrected chi connectivity index (χ3v) is 4.93. The van der Waals surface area contributed by atoms with Crippen LogP contribution < -0.4 is 0 Å². The topological polar surface area (TPSA) is 77.8 Å². The molecule has 1 aliphatic carbocycles. The van der Waals surface area contributed by atoms with E-state index in [4.69, 9.17) is 10.2 Å². The number of aliphatic carboxylic acids is 2. The molecule has 0 radical (unpaired) electrons. The minimum absolute atomic E-state index is 0.229. The van der Waals surface area contributed by atoms with Crippen LogP contribution in [0, 0.1) is 11.6 Å². The van der Waals surface area contributed by atoms with E-state index in [0.717, 1.165) is 47.2 Å². The average Bonchev–Trinajstić information content (AvgIpc) is 2.80. The summed E-state index contributed by atoms with van der Waals surface area (Å²) in [6.45, 7) is 5.09. The van der Waals surface area contributed by atoms with Crippen molar-refractivity contribution in [2.24, 2.45) is 0 Å². The number of benzene rings is 2. The minimum atomic E-state index is -1.26. The molecule has 3 rings (SSSR count). The van der Waals surface area contributed by atoms with E-state index < -0.39 is 11.9 Å². The Kier molecular flexibility index (Phi) is 8.22. The summed E-state index contributed by atoms with van der Waals surface area (Å²) in [6, 6.07) is 9.72. The van der Waals surface area contributed by atoms with E-state index in [0.29, 0.717) is 12.2 Å². The molecule has 0 saturated heterocycles. The summed E-state index contributed by atoms with van der Waals surface area (Å²) in [5.74, 6) is -2.78. The van der Waals surface area contributed by atoms with Crippen molar-refractivity contribution in [3.05, 3.63) is 89.0 Å². The van der Waals surface area contributed by atoms with Crippen molar-refractivity contribution >= 4 is 17.5 Å². The maximum Gasteiger partial charge on any atom is 0.328 e. The molecule has 0 aromatic heterocycles. The van der Waals surface area contributed by atoms with Crippen LogP contribution in [-0.4, -0.2) is 47.7 Å². The molecule has 164 valence electrons. The van der Waals surface area contributed by atoms with E-state index in [1.807, 2.05) is 20.2 Å². The lowest BCUT2D eigenvalue weighted by Crippen LogP contribution is -2.17. The predicted molar refractivity (Wildman–Crippen MR) is 115 cm³/mol. The molecule has 1 unspecified atom stereocenters. The number of nitrogens with zero attached hydrogens (tertiary/aromatic N) is 1. The third kappa shape index (κ3) is 6.86. The van der Waals surface area contributed by atoms with Gasteiger partial charge in [-0.05, 0) is 91.5 Å². The van der Waals surface area contributed by atoms with Crippen molar-refractivity contribution in [1.82, 2.24) is 4.90 Å². The first-order valence-corrected chi connectivity index (χ1v) is 9.64. The Balaban J connectivity index is 0.000000366. The molecule has 0 heterocycles. The van der Waals surface area contributed by atoms with Crippen LogP contribution in [0.25, 0.3) is 5.57 Å². The lowest BCUT2D eigenvalue weighted by molar-refractivity contribution is -0.134. The van der Waals surface area contributed by atoms with Gasteiger partial charge in [0.15, 0.2) is 0 Å². The summed E-state index contributed by atoms with van der Waals surface area (Å²) in [7, 11) is 4.07. The molecule has 1 atom stereocenters. The normalized spacial score (nSPS) is 15.0. The zero-order valence-electron chi connectivity index (χ0n) is 17.4. The zero-order chi connectivity index (χ0) is 23.1. The molecule has 7 heteroatoms. The van der Waals surface area contributed by atoms with Crippen LogP contribution in [0.4, 0.5) is 8.78 Å². The second-order valence-electron chi connectivity index (χ2n) is 7.51. The van der Waals surface area contributed by atoms with E-state index in [9.17, 15) is 18.4 Å². The minimum Gasteiger partial charge on any atom is -0.478 e. The van der Waals surface area contributed by atoms with Gasteiger partial charge in [-0.15, -0.1) is 0 Å². The van der Waals surface area contributed by atoms with Crippen molar-refractivity contribution < 1.29 is 28.6 Å². The van der Waals surface area contributed by atoms with Crippen molar-refractivity contribution in [3.63, 3.8) is 0 Å². The molecule has 0 saturated carbocycles. The van der Waals surface area contributed by atoms with Gasteiger partial charge in [-0.2, -0.15) is 0 Å². The van der Waals surface area contributed by atoms with E-state index in [1.165, 1.54) is 12.1 Å². The van der Waals surface area contributed by atoms with Crippen molar-refractivity contribution in [1.29, 1.82) is 0 Å². The van der Waals surface area contributed by atoms with Crippen LogP contribution in [-0.2, 0) is 16.0 Å². The van der Waals surface area contributed by atoms with Crippen molar-refractivity contribution in [2.75, 3.05) is 20.6 Å². The number of carboxylic acids is 2. The lowest BCUT2D eigenvalue weighted by Gasteiger charge is -2.20. The third-order valence-electron chi connectivity index (χ3n) is 4.93. The van der Waals surface area contributed by atoms with E-state index in [1.54, 1.807) is 18.2 Å². The Bertz CT molecular complexity index is 999. The Morgan fingerprint density at radius 3 is 2.19 bits per heavy atom. The van der Waals surface area contributed by atoms with Gasteiger partial charge in [-0.25, -0.2) is 18.4 Å². The van der Waals surface area contributed by atoms with Crippen molar-refractivity contribution in [2.45, 2.75) is 18.8 Å². The Labute approximate surface area is 179 Å². The van der Waals surface area contributed by atoms with Gasteiger partial charge in [0.25, 0.3) is 0 Å². The quantitative estimate of drug-likeness (QED) is 0.692. The van der Waals surface area contributed by atoms with Gasteiger partial charge in [-0.3, -0.25) is 0 Å². The highest BCUT2D eigenvalue weighted by molar-refractivity contribution is 5.89. The second-order valence-corrected chi connectivity index (χ2v) is 7.51. The van der Waals surface area contributed by atoms with Crippen LogP contribution in [0.1, 0.15) is 34.6 Å². The maximum atomic E-state index is 13.8. The summed E-state index contributed by atoms with van der Waals surface area (Å²) in [6.07, 6.45) is 2.80. The molecule has 1 aliphatic rings. The maximum absolute atomic E-state index is 13.8. The number of carbonyl (C=O) groups is 2. The molecule has 0 amide bonds. The molecule has 31 heavy (non-hydrogen) atoms. The van der Waals surface area contributed by atoms with E-state index >= 15 is 0 Å². The summed E-state index contributed by atoms with van der Waals surface area (Å²) < 4.78 is 27.5. The number of hydrogen-bond donors (Lipinski definition) is 2. The molecular weight excluding hydrogens is 404 g/mol. The molecule has 2 aromatic carbocycles. The van der Waals surface area contributed by atoms with Crippen LogP contribution in [0.5, 0.6) is 0 Å². The molecule has 2 N–H and O–H groups in total. The first-order chi connectivity index (χ1) is 14.6. The first-order valence-electron chi connectivity index (χ1n) is 9.64. The largest absolute Gasteiger partial charge is 0.478 e. The number of halogens is 2. The lowest BCUT2D eigenvalue weighted by atomic mass is 9.88. The highest BCUT2D eigenvalue weighted by Gasteiger charge is 2.25. The molecular formula is C24H25F2NO4. The van der Waals surface area contributed by atoms with Gasteiger partial charge in [0.2, 0.25) is 0 Å². The summed E-state index contributed by atoms with van der Waals surface area (Å²) >= 11 is 0. The monoisotopic (exact) mass is 429 g/mol. The fourth-order valence-electron chi connectivity index (χ4n) is 3.51. The summed E-state index contributed by atoms with van der Waals surface area (Å²) in [5, 5.41) is 15.6. The standard InChI is InChI=1S/C20H21F2N.C4H4O4/c1-13-18-6-4-16(21)11-15(18)10-14(8-9-23(2)3)19-7-5-17(22)12-20(13)19;5-3(6)1-2-4(7)8/h4-7,11-12,14H,1,8-10H2,2-3H3;1-2H,(H,5,6)(H,7,8). The second kappa shape index (κ2) is 10.6. The number of rotatable bonds is 5. The van der Waals surface area contributed by atoms with Gasteiger partial charge >= 0.3 is 11.9 Å². The van der Waals surface area contributed by atoms with Gasteiger partial charge in [0, 0.05) is 12.2 Å². The number of carboxylic acid groups (broad SMARTS) is 2. The SMILES string of the molecule is C=C1c2ccc(F)cc2CC(CCN(C)C)c2ccc(F)cc21.O=C(O)C=CC(=O)O. The smallest absolute Gasteiger partial charge is 0.328 e.